The van der Waals surface area contributed by atoms with Gasteiger partial charge in [0.2, 0.25) is 0 Å². The van der Waals surface area contributed by atoms with Gasteiger partial charge in [-0.1, -0.05) is 26.0 Å². The molecule has 1 heterocycles. The Hall–Kier alpha value is -1.90. The van der Waals surface area contributed by atoms with Gasteiger partial charge < -0.3 is 4.57 Å². The molecule has 0 bridgehead atoms. The molecule has 0 aliphatic carbocycles. The second-order valence-corrected chi connectivity index (χ2v) is 3.11. The molecule has 0 amide bonds. The number of hydrogen-bond donors (Lipinski definition) is 0. The van der Waals surface area contributed by atoms with Crippen molar-refractivity contribution in [1.82, 2.24) is 4.57 Å². The molecule has 0 N–H and O–H groups in total. The number of para-hydroxylation sites is 1. The predicted octanol–water partition coefficient (Wildman–Crippen LogP) is 1.92. The fourth-order valence-electron chi connectivity index (χ4n) is 1.44. The minimum atomic E-state index is -0.178. The minimum absolute atomic E-state index is 0.127. The summed E-state index contributed by atoms with van der Waals surface area (Å²) in [7, 11) is 1.66. The lowest BCUT2D eigenvalue weighted by Gasteiger charge is -1.96. The molecule has 16 heavy (non-hydrogen) atoms. The summed E-state index contributed by atoms with van der Waals surface area (Å²) in [4.78, 5) is 22.9. The van der Waals surface area contributed by atoms with Crippen molar-refractivity contribution >= 4 is 10.9 Å². The Morgan fingerprint density at radius 1 is 0.938 bits per heavy atom. The second kappa shape index (κ2) is 5.26. The molecule has 0 aliphatic heterocycles. The van der Waals surface area contributed by atoms with Crippen LogP contribution in [0.5, 0.6) is 0 Å². The quantitative estimate of drug-likeness (QED) is 0.676. The lowest BCUT2D eigenvalue weighted by molar-refractivity contribution is 0.912. The van der Waals surface area contributed by atoms with E-state index >= 15 is 0 Å². The van der Waals surface area contributed by atoms with Gasteiger partial charge in [-0.2, -0.15) is 0 Å². The highest BCUT2D eigenvalue weighted by Crippen LogP contribution is 2.04. The van der Waals surface area contributed by atoms with E-state index in [0.717, 1.165) is 0 Å². The van der Waals surface area contributed by atoms with Crippen LogP contribution in [0.4, 0.5) is 0 Å². The Labute approximate surface area is 94.0 Å². The van der Waals surface area contributed by atoms with E-state index in [0.29, 0.717) is 10.9 Å². The zero-order valence-corrected chi connectivity index (χ0v) is 9.73. The van der Waals surface area contributed by atoms with E-state index in [-0.39, 0.29) is 11.0 Å². The Morgan fingerprint density at radius 3 is 2.25 bits per heavy atom. The summed E-state index contributed by atoms with van der Waals surface area (Å²) in [5, 5.41) is 0.567. The van der Waals surface area contributed by atoms with Crippen LogP contribution in [0.3, 0.4) is 0 Å². The number of aryl methyl sites for hydroxylation is 1. The van der Waals surface area contributed by atoms with Crippen LogP contribution in [-0.2, 0) is 7.05 Å². The van der Waals surface area contributed by atoms with Crippen LogP contribution in [0, 0.1) is 0 Å². The minimum Gasteiger partial charge on any atom is -0.311 e. The largest absolute Gasteiger partial charge is 0.311 e. The summed E-state index contributed by atoms with van der Waals surface area (Å²) in [6.07, 6.45) is 0. The van der Waals surface area contributed by atoms with Crippen LogP contribution in [0.25, 0.3) is 10.9 Å². The average molecular weight is 217 g/mol. The molecule has 2 rings (SSSR count). The van der Waals surface area contributed by atoms with Gasteiger partial charge in [-0.25, -0.2) is 0 Å². The maximum atomic E-state index is 11.5. The van der Waals surface area contributed by atoms with E-state index in [1.54, 1.807) is 31.3 Å². The number of aromatic nitrogens is 1. The Bertz CT molecular complexity index is 600. The maximum Gasteiger partial charge on any atom is 0.250 e. The predicted molar refractivity (Wildman–Crippen MR) is 66.8 cm³/mol. The van der Waals surface area contributed by atoms with Crippen molar-refractivity contribution in [3.05, 3.63) is 57.0 Å². The fraction of sp³-hybridized carbons (Fsp3) is 0.231. The molecule has 1 aromatic carbocycles. The van der Waals surface area contributed by atoms with Crippen LogP contribution in [0.1, 0.15) is 13.8 Å². The van der Waals surface area contributed by atoms with E-state index in [2.05, 4.69) is 0 Å². The highest BCUT2D eigenvalue weighted by atomic mass is 16.1. The highest BCUT2D eigenvalue weighted by molar-refractivity contribution is 5.77. The van der Waals surface area contributed by atoms with Crippen LogP contribution in [-0.4, -0.2) is 4.57 Å². The first-order valence-corrected chi connectivity index (χ1v) is 5.29. The lowest BCUT2D eigenvalue weighted by atomic mass is 10.2. The average Bonchev–Trinajstić information content (AvgIpc) is 2.46. The van der Waals surface area contributed by atoms with Gasteiger partial charge in [0.25, 0.3) is 5.56 Å². The standard InChI is InChI=1S/C11H9NO2.C2H6/c1-12-9-5-3-2-4-8(9)10(13)6-7-11(12)14;1-2/h2-7H,1H3;1-2H3. The van der Waals surface area contributed by atoms with Gasteiger partial charge in [0.15, 0.2) is 5.43 Å². The van der Waals surface area contributed by atoms with Gasteiger partial charge in [-0.15, -0.1) is 0 Å². The second-order valence-electron chi connectivity index (χ2n) is 3.11. The van der Waals surface area contributed by atoms with Gasteiger partial charge in [-0.3, -0.25) is 9.59 Å². The van der Waals surface area contributed by atoms with Crippen molar-refractivity contribution in [3.8, 4) is 0 Å². The molecule has 3 heteroatoms. The van der Waals surface area contributed by atoms with E-state index in [4.69, 9.17) is 0 Å². The molecule has 84 valence electrons. The lowest BCUT2D eigenvalue weighted by Crippen LogP contribution is -2.11. The maximum absolute atomic E-state index is 11.5. The molecule has 3 nitrogen and oxygen atoms in total. The summed E-state index contributed by atoms with van der Waals surface area (Å²) in [5.41, 5.74) is 0.356. The Morgan fingerprint density at radius 2 is 1.56 bits per heavy atom. The van der Waals surface area contributed by atoms with Crippen LogP contribution in [0.15, 0.2) is 46.0 Å². The van der Waals surface area contributed by atoms with Crippen molar-refractivity contribution in [2.75, 3.05) is 0 Å². The van der Waals surface area contributed by atoms with Crippen LogP contribution >= 0.6 is 0 Å². The van der Waals surface area contributed by atoms with Crippen molar-refractivity contribution in [1.29, 1.82) is 0 Å². The van der Waals surface area contributed by atoms with Crippen molar-refractivity contribution in [2.24, 2.45) is 7.05 Å². The van der Waals surface area contributed by atoms with E-state index in [1.165, 1.54) is 16.7 Å². The first kappa shape index (κ1) is 12.2. The van der Waals surface area contributed by atoms with Gasteiger partial charge >= 0.3 is 0 Å². The van der Waals surface area contributed by atoms with E-state index in [1.807, 2.05) is 13.8 Å². The summed E-state index contributed by atoms with van der Waals surface area (Å²) >= 11 is 0. The number of rotatable bonds is 0. The smallest absolute Gasteiger partial charge is 0.250 e. The Balaban J connectivity index is 0.000000606. The van der Waals surface area contributed by atoms with Crippen molar-refractivity contribution in [2.45, 2.75) is 13.8 Å². The summed E-state index contributed by atoms with van der Waals surface area (Å²) < 4.78 is 1.47. The first-order valence-electron chi connectivity index (χ1n) is 5.29. The van der Waals surface area contributed by atoms with Crippen molar-refractivity contribution < 1.29 is 0 Å². The molecule has 0 spiro atoms. The van der Waals surface area contributed by atoms with Gasteiger partial charge in [0, 0.05) is 18.5 Å². The molecule has 0 radical (unpaired) electrons. The number of hydrogen-bond acceptors (Lipinski definition) is 2. The molecular weight excluding hydrogens is 202 g/mol. The zero-order valence-electron chi connectivity index (χ0n) is 9.73. The Kier molecular flexibility index (Phi) is 4.00. The van der Waals surface area contributed by atoms with Crippen LogP contribution < -0.4 is 11.0 Å². The third-order valence-corrected chi connectivity index (χ3v) is 2.24. The molecule has 0 fully saturated rings. The van der Waals surface area contributed by atoms with Gasteiger partial charge in [-0.05, 0) is 18.2 Å². The molecular formula is C13H15NO2. The van der Waals surface area contributed by atoms with E-state index in [9.17, 15) is 9.59 Å². The van der Waals surface area contributed by atoms with Crippen molar-refractivity contribution in [3.63, 3.8) is 0 Å². The third kappa shape index (κ3) is 2.19. The molecule has 0 saturated heterocycles. The molecule has 0 atom stereocenters. The van der Waals surface area contributed by atoms with Crippen LogP contribution in [0.2, 0.25) is 0 Å². The monoisotopic (exact) mass is 217 g/mol. The topological polar surface area (TPSA) is 39.1 Å². The number of benzene rings is 1. The molecule has 1 aromatic heterocycles. The van der Waals surface area contributed by atoms with E-state index < -0.39 is 0 Å². The molecule has 2 aromatic rings. The van der Waals surface area contributed by atoms with Gasteiger partial charge in [0.1, 0.15) is 0 Å². The summed E-state index contributed by atoms with van der Waals surface area (Å²) in [6.45, 7) is 4.00. The van der Waals surface area contributed by atoms with Gasteiger partial charge in [0.05, 0.1) is 5.52 Å². The first-order chi connectivity index (χ1) is 7.70. The summed E-state index contributed by atoms with van der Waals surface area (Å²) in [5.74, 6) is 0. The zero-order chi connectivity index (χ0) is 12.1. The number of fused-ring (bicyclic) bond motifs is 1. The molecule has 0 unspecified atom stereocenters. The molecule has 0 saturated carbocycles. The SMILES string of the molecule is CC.Cn1c(=O)ccc(=O)c2ccccc21. The molecule has 0 aliphatic rings. The third-order valence-electron chi connectivity index (χ3n) is 2.24. The number of nitrogens with zero attached hydrogens (tertiary/aromatic N) is 1. The summed E-state index contributed by atoms with van der Waals surface area (Å²) in [6, 6.07) is 9.68. The normalized spacial score (nSPS) is 9.44. The fourth-order valence-corrected chi connectivity index (χ4v) is 1.44. The highest BCUT2D eigenvalue weighted by Gasteiger charge is 1.98.